The van der Waals surface area contributed by atoms with E-state index >= 15 is 0 Å². The van der Waals surface area contributed by atoms with Crippen LogP contribution in [0.1, 0.15) is 46.5 Å². The van der Waals surface area contributed by atoms with E-state index in [1.165, 1.54) is 25.7 Å². The van der Waals surface area contributed by atoms with Crippen LogP contribution in [-0.2, 0) is 4.74 Å². The van der Waals surface area contributed by atoms with Crippen molar-refractivity contribution >= 4 is 0 Å². The molecule has 0 aliphatic carbocycles. The van der Waals surface area contributed by atoms with Gasteiger partial charge in [0, 0.05) is 19.8 Å². The van der Waals surface area contributed by atoms with Crippen molar-refractivity contribution in [3.05, 3.63) is 0 Å². The van der Waals surface area contributed by atoms with Gasteiger partial charge in [0.1, 0.15) is 0 Å². The van der Waals surface area contributed by atoms with Gasteiger partial charge in [0.15, 0.2) is 0 Å². The highest BCUT2D eigenvalue weighted by molar-refractivity contribution is 4.68. The van der Waals surface area contributed by atoms with E-state index in [0.29, 0.717) is 6.04 Å². The Morgan fingerprint density at radius 2 is 2.00 bits per heavy atom. The second-order valence-corrected chi connectivity index (χ2v) is 4.14. The van der Waals surface area contributed by atoms with Gasteiger partial charge in [0.2, 0.25) is 0 Å². The minimum Gasteiger partial charge on any atom is -0.385 e. The molecule has 0 aromatic rings. The van der Waals surface area contributed by atoms with Gasteiger partial charge in [-0.05, 0) is 31.7 Å². The molecular formula is C12H27NO. The lowest BCUT2D eigenvalue weighted by Crippen LogP contribution is -2.30. The third kappa shape index (κ3) is 7.34. The van der Waals surface area contributed by atoms with Gasteiger partial charge >= 0.3 is 0 Å². The Morgan fingerprint density at radius 1 is 1.29 bits per heavy atom. The van der Waals surface area contributed by atoms with Crippen molar-refractivity contribution in [3.63, 3.8) is 0 Å². The average molecular weight is 201 g/mol. The SMILES string of the molecule is CCNC(CCCOC)CC(C)CC. The molecule has 0 amide bonds. The van der Waals surface area contributed by atoms with Gasteiger partial charge in [0.25, 0.3) is 0 Å². The molecule has 0 heterocycles. The molecule has 1 N–H and O–H groups in total. The summed E-state index contributed by atoms with van der Waals surface area (Å²) >= 11 is 0. The maximum atomic E-state index is 5.07. The predicted molar refractivity (Wildman–Crippen MR) is 62.6 cm³/mol. The van der Waals surface area contributed by atoms with Crippen LogP contribution in [0, 0.1) is 5.92 Å². The summed E-state index contributed by atoms with van der Waals surface area (Å²) in [5.74, 6) is 0.835. The lowest BCUT2D eigenvalue weighted by molar-refractivity contribution is 0.186. The van der Waals surface area contributed by atoms with E-state index in [2.05, 4.69) is 26.1 Å². The first-order valence-corrected chi connectivity index (χ1v) is 5.96. The fourth-order valence-corrected chi connectivity index (χ4v) is 1.72. The molecule has 86 valence electrons. The van der Waals surface area contributed by atoms with Gasteiger partial charge in [-0.1, -0.05) is 27.2 Å². The van der Waals surface area contributed by atoms with Crippen molar-refractivity contribution < 1.29 is 4.74 Å². The Morgan fingerprint density at radius 3 is 2.50 bits per heavy atom. The lowest BCUT2D eigenvalue weighted by atomic mass is 9.96. The molecule has 0 aliphatic heterocycles. The topological polar surface area (TPSA) is 21.3 Å². The molecular weight excluding hydrogens is 174 g/mol. The third-order valence-electron chi connectivity index (χ3n) is 2.78. The van der Waals surface area contributed by atoms with Crippen LogP contribution < -0.4 is 5.32 Å². The van der Waals surface area contributed by atoms with Crippen molar-refractivity contribution in [2.45, 2.75) is 52.5 Å². The van der Waals surface area contributed by atoms with Crippen LogP contribution in [0.2, 0.25) is 0 Å². The number of nitrogens with one attached hydrogen (secondary N) is 1. The fourth-order valence-electron chi connectivity index (χ4n) is 1.72. The summed E-state index contributed by atoms with van der Waals surface area (Å²) in [6, 6.07) is 0.685. The molecule has 0 aliphatic rings. The van der Waals surface area contributed by atoms with E-state index in [4.69, 9.17) is 4.74 Å². The highest BCUT2D eigenvalue weighted by atomic mass is 16.5. The minimum absolute atomic E-state index is 0.685. The van der Waals surface area contributed by atoms with E-state index in [0.717, 1.165) is 19.1 Å². The second-order valence-electron chi connectivity index (χ2n) is 4.14. The maximum Gasteiger partial charge on any atom is 0.0462 e. The molecule has 0 aromatic heterocycles. The van der Waals surface area contributed by atoms with Gasteiger partial charge in [-0.25, -0.2) is 0 Å². The summed E-state index contributed by atoms with van der Waals surface area (Å²) in [7, 11) is 1.77. The number of methoxy groups -OCH3 is 1. The summed E-state index contributed by atoms with van der Waals surface area (Å²) in [4.78, 5) is 0. The van der Waals surface area contributed by atoms with Crippen LogP contribution in [0.3, 0.4) is 0 Å². The van der Waals surface area contributed by atoms with Crippen molar-refractivity contribution in [2.75, 3.05) is 20.3 Å². The maximum absolute atomic E-state index is 5.07. The van der Waals surface area contributed by atoms with Crippen LogP contribution in [0.5, 0.6) is 0 Å². The molecule has 2 nitrogen and oxygen atoms in total. The van der Waals surface area contributed by atoms with Crippen molar-refractivity contribution in [2.24, 2.45) is 5.92 Å². The Kier molecular flexibility index (Phi) is 9.42. The Balaban J connectivity index is 3.65. The fraction of sp³-hybridized carbons (Fsp3) is 1.00. The van der Waals surface area contributed by atoms with E-state index in [1.807, 2.05) is 0 Å². The molecule has 2 unspecified atom stereocenters. The Hall–Kier alpha value is -0.0800. The van der Waals surface area contributed by atoms with Gasteiger partial charge < -0.3 is 10.1 Å². The van der Waals surface area contributed by atoms with Gasteiger partial charge in [-0.2, -0.15) is 0 Å². The van der Waals surface area contributed by atoms with Crippen LogP contribution in [-0.4, -0.2) is 26.3 Å². The summed E-state index contributed by atoms with van der Waals surface area (Å²) in [5, 5.41) is 3.55. The van der Waals surface area contributed by atoms with Gasteiger partial charge in [-0.3, -0.25) is 0 Å². The van der Waals surface area contributed by atoms with Gasteiger partial charge in [-0.15, -0.1) is 0 Å². The smallest absolute Gasteiger partial charge is 0.0462 e. The van der Waals surface area contributed by atoms with Crippen molar-refractivity contribution in [1.29, 1.82) is 0 Å². The van der Waals surface area contributed by atoms with E-state index in [-0.39, 0.29) is 0 Å². The number of hydrogen-bond donors (Lipinski definition) is 1. The average Bonchev–Trinajstić information content (AvgIpc) is 2.18. The molecule has 0 rings (SSSR count). The highest BCUT2D eigenvalue weighted by Crippen LogP contribution is 2.13. The molecule has 0 fully saturated rings. The number of rotatable bonds is 9. The molecule has 0 spiro atoms. The standard InChI is InChI=1S/C12H27NO/c1-5-11(3)10-12(13-6-2)8-7-9-14-4/h11-13H,5-10H2,1-4H3. The molecule has 14 heavy (non-hydrogen) atoms. The molecule has 2 heteroatoms. The molecule has 0 saturated carbocycles. The van der Waals surface area contributed by atoms with Crippen LogP contribution >= 0.6 is 0 Å². The molecule has 0 aromatic carbocycles. The van der Waals surface area contributed by atoms with Crippen LogP contribution in [0.15, 0.2) is 0 Å². The van der Waals surface area contributed by atoms with Crippen molar-refractivity contribution in [1.82, 2.24) is 5.32 Å². The Labute approximate surface area is 89.4 Å². The first-order chi connectivity index (χ1) is 6.74. The molecule has 2 atom stereocenters. The van der Waals surface area contributed by atoms with E-state index < -0.39 is 0 Å². The monoisotopic (exact) mass is 201 g/mol. The molecule has 0 bridgehead atoms. The predicted octanol–water partition coefficient (Wildman–Crippen LogP) is 2.83. The molecule has 0 radical (unpaired) electrons. The van der Waals surface area contributed by atoms with Crippen molar-refractivity contribution in [3.8, 4) is 0 Å². The first kappa shape index (κ1) is 13.9. The molecule has 0 saturated heterocycles. The summed E-state index contributed by atoms with van der Waals surface area (Å²) in [6.45, 7) is 8.75. The summed E-state index contributed by atoms with van der Waals surface area (Å²) < 4.78 is 5.07. The van der Waals surface area contributed by atoms with Crippen LogP contribution in [0.4, 0.5) is 0 Å². The largest absolute Gasteiger partial charge is 0.385 e. The summed E-state index contributed by atoms with van der Waals surface area (Å²) in [6.07, 6.45) is 5.00. The third-order valence-corrected chi connectivity index (χ3v) is 2.78. The minimum atomic E-state index is 0.685. The van der Waals surface area contributed by atoms with E-state index in [1.54, 1.807) is 7.11 Å². The second kappa shape index (κ2) is 9.47. The van der Waals surface area contributed by atoms with Gasteiger partial charge in [0.05, 0.1) is 0 Å². The quantitative estimate of drug-likeness (QED) is 0.579. The van der Waals surface area contributed by atoms with E-state index in [9.17, 15) is 0 Å². The Bertz CT molecular complexity index is 117. The summed E-state index contributed by atoms with van der Waals surface area (Å²) in [5.41, 5.74) is 0. The number of ether oxygens (including phenoxy) is 1. The van der Waals surface area contributed by atoms with Crippen LogP contribution in [0.25, 0.3) is 0 Å². The number of hydrogen-bond acceptors (Lipinski definition) is 2. The highest BCUT2D eigenvalue weighted by Gasteiger charge is 2.10. The lowest BCUT2D eigenvalue weighted by Gasteiger charge is -2.20. The normalized spacial score (nSPS) is 15.4. The zero-order valence-corrected chi connectivity index (χ0v) is 10.3. The zero-order chi connectivity index (χ0) is 10.8. The zero-order valence-electron chi connectivity index (χ0n) is 10.3. The first-order valence-electron chi connectivity index (χ1n) is 5.96.